The van der Waals surface area contributed by atoms with Gasteiger partial charge >= 0.3 is 5.97 Å². The highest BCUT2D eigenvalue weighted by atomic mass is 79.9. The van der Waals surface area contributed by atoms with Gasteiger partial charge in [0.2, 0.25) is 5.91 Å². The summed E-state index contributed by atoms with van der Waals surface area (Å²) in [5.41, 5.74) is 2.40. The van der Waals surface area contributed by atoms with Crippen molar-refractivity contribution in [2.75, 3.05) is 19.0 Å². The molecule has 188 valence electrons. The summed E-state index contributed by atoms with van der Waals surface area (Å²) in [6.07, 6.45) is 2.95. The fraction of sp³-hybridized carbons (Fsp3) is 0.222. The Kier molecular flexibility index (Phi) is 9.44. The summed E-state index contributed by atoms with van der Waals surface area (Å²) >= 11 is 4.57. The molecule has 1 aromatic heterocycles. The second-order valence-electron chi connectivity index (χ2n) is 7.67. The first-order valence-electron chi connectivity index (χ1n) is 11.1. The van der Waals surface area contributed by atoms with Crippen molar-refractivity contribution in [1.82, 2.24) is 0 Å². The van der Waals surface area contributed by atoms with Crippen LogP contribution in [0.4, 0.5) is 5.00 Å². The molecule has 3 aromatic rings. The van der Waals surface area contributed by atoms with Gasteiger partial charge in [-0.1, -0.05) is 30.3 Å². The number of hydrogen-bond donors (Lipinski definition) is 1. The van der Waals surface area contributed by atoms with E-state index in [1.54, 1.807) is 39.2 Å². The van der Waals surface area contributed by atoms with Crippen molar-refractivity contribution in [3.63, 3.8) is 0 Å². The number of anilines is 1. The van der Waals surface area contributed by atoms with Crippen LogP contribution in [0.2, 0.25) is 0 Å². The highest BCUT2D eigenvalue weighted by molar-refractivity contribution is 9.10. The molecule has 0 unspecified atom stereocenters. The Morgan fingerprint density at radius 2 is 1.86 bits per heavy atom. The monoisotopic (exact) mass is 571 g/mol. The number of carbonyl (C=O) groups excluding carboxylic acids is 3. The lowest BCUT2D eigenvalue weighted by Gasteiger charge is -2.13. The molecule has 0 radical (unpaired) electrons. The molecule has 0 bridgehead atoms. The fourth-order valence-electron chi connectivity index (χ4n) is 3.42. The highest BCUT2D eigenvalue weighted by Gasteiger charge is 2.25. The normalized spacial score (nSPS) is 10.8. The van der Waals surface area contributed by atoms with E-state index in [4.69, 9.17) is 14.2 Å². The zero-order valence-electron chi connectivity index (χ0n) is 20.3. The van der Waals surface area contributed by atoms with E-state index in [0.29, 0.717) is 38.6 Å². The minimum absolute atomic E-state index is 0.179. The number of nitrogens with one attached hydrogen (secondary N) is 1. The van der Waals surface area contributed by atoms with E-state index in [1.807, 2.05) is 30.3 Å². The third-order valence-corrected chi connectivity index (χ3v) is 6.98. The van der Waals surface area contributed by atoms with Crippen LogP contribution < -0.4 is 14.8 Å². The number of esters is 1. The Bertz CT molecular complexity index is 1300. The van der Waals surface area contributed by atoms with Gasteiger partial charge in [-0.05, 0) is 71.6 Å². The van der Waals surface area contributed by atoms with Crippen LogP contribution in [0.5, 0.6) is 11.5 Å². The molecule has 0 atom stereocenters. The molecule has 1 amide bonds. The number of carbonyl (C=O) groups is 3. The van der Waals surface area contributed by atoms with Gasteiger partial charge < -0.3 is 19.5 Å². The van der Waals surface area contributed by atoms with Crippen molar-refractivity contribution < 1.29 is 28.6 Å². The second kappa shape index (κ2) is 12.5. The van der Waals surface area contributed by atoms with Crippen molar-refractivity contribution in [1.29, 1.82) is 0 Å². The van der Waals surface area contributed by atoms with Crippen molar-refractivity contribution in [2.45, 2.75) is 27.4 Å². The topological polar surface area (TPSA) is 90.9 Å². The van der Waals surface area contributed by atoms with Crippen LogP contribution >= 0.6 is 27.3 Å². The van der Waals surface area contributed by atoms with Crippen LogP contribution in [0.25, 0.3) is 6.08 Å². The lowest BCUT2D eigenvalue weighted by atomic mass is 10.1. The van der Waals surface area contributed by atoms with Crippen molar-refractivity contribution in [3.8, 4) is 11.5 Å². The Balaban J connectivity index is 1.78. The minimum Gasteiger partial charge on any atom is -0.493 e. The van der Waals surface area contributed by atoms with Gasteiger partial charge in [0.1, 0.15) is 11.6 Å². The minimum atomic E-state index is -0.585. The molecule has 3 rings (SSSR count). The summed E-state index contributed by atoms with van der Waals surface area (Å²) in [5.74, 6) is -0.183. The number of Topliss-reactive ketones (excluding diaryl/α,β-unsaturated/α-hetero) is 1. The number of methoxy groups -OCH3 is 1. The smallest absolute Gasteiger partial charge is 0.341 e. The number of amides is 1. The van der Waals surface area contributed by atoms with E-state index in [1.165, 1.54) is 13.0 Å². The Morgan fingerprint density at radius 1 is 1.14 bits per heavy atom. The standard InChI is InChI=1S/C27H26BrNO6S/c1-5-34-27(32)23-16(2)25(17(3)30)36-26(23)29-22(31)12-11-19-13-20(28)24(21(14-19)33-4)35-15-18-9-7-6-8-10-18/h6-14H,5,15H2,1-4H3,(H,29,31). The third kappa shape index (κ3) is 6.61. The lowest BCUT2D eigenvalue weighted by molar-refractivity contribution is -0.111. The van der Waals surface area contributed by atoms with E-state index in [0.717, 1.165) is 16.9 Å². The first-order valence-corrected chi connectivity index (χ1v) is 12.7. The molecule has 1 heterocycles. The van der Waals surface area contributed by atoms with Crippen LogP contribution in [0.15, 0.2) is 53.0 Å². The van der Waals surface area contributed by atoms with Crippen LogP contribution in [-0.4, -0.2) is 31.4 Å². The third-order valence-electron chi connectivity index (χ3n) is 5.09. The van der Waals surface area contributed by atoms with E-state index in [-0.39, 0.29) is 23.0 Å². The molecule has 36 heavy (non-hydrogen) atoms. The molecule has 2 aromatic carbocycles. The molecule has 0 saturated heterocycles. The highest BCUT2D eigenvalue weighted by Crippen LogP contribution is 2.38. The quantitative estimate of drug-likeness (QED) is 0.171. The maximum absolute atomic E-state index is 12.7. The Hall–Kier alpha value is -3.43. The predicted octanol–water partition coefficient (Wildman–Crippen LogP) is 6.44. The zero-order valence-corrected chi connectivity index (χ0v) is 22.7. The van der Waals surface area contributed by atoms with Crippen LogP contribution in [0.3, 0.4) is 0 Å². The van der Waals surface area contributed by atoms with Crippen molar-refractivity contribution in [2.24, 2.45) is 0 Å². The number of rotatable bonds is 10. The van der Waals surface area contributed by atoms with Gasteiger partial charge in [0.15, 0.2) is 17.3 Å². The Morgan fingerprint density at radius 3 is 2.50 bits per heavy atom. The van der Waals surface area contributed by atoms with Crippen molar-refractivity contribution in [3.05, 3.63) is 80.1 Å². The zero-order chi connectivity index (χ0) is 26.2. The lowest BCUT2D eigenvalue weighted by Crippen LogP contribution is -2.12. The average molecular weight is 572 g/mol. The summed E-state index contributed by atoms with van der Waals surface area (Å²) in [4.78, 5) is 37.5. The van der Waals surface area contributed by atoms with E-state index < -0.39 is 11.9 Å². The summed E-state index contributed by atoms with van der Waals surface area (Å²) in [5, 5.41) is 2.97. The summed E-state index contributed by atoms with van der Waals surface area (Å²) in [6.45, 7) is 5.32. The van der Waals surface area contributed by atoms with Crippen molar-refractivity contribution >= 4 is 56.0 Å². The Labute approximate surface area is 222 Å². The van der Waals surface area contributed by atoms with Crippen LogP contribution in [0, 0.1) is 6.92 Å². The largest absolute Gasteiger partial charge is 0.493 e. The van der Waals surface area contributed by atoms with Gasteiger partial charge in [-0.25, -0.2) is 4.79 Å². The predicted molar refractivity (Wildman–Crippen MR) is 144 cm³/mol. The van der Waals surface area contributed by atoms with Gasteiger partial charge in [0.25, 0.3) is 0 Å². The number of thiophene rings is 1. The number of hydrogen-bond acceptors (Lipinski definition) is 7. The molecular weight excluding hydrogens is 546 g/mol. The summed E-state index contributed by atoms with van der Waals surface area (Å²) < 4.78 is 17.2. The first kappa shape index (κ1) is 27.2. The fourth-order valence-corrected chi connectivity index (χ4v) is 5.09. The number of ketones is 1. The molecule has 1 N–H and O–H groups in total. The van der Waals surface area contributed by atoms with E-state index in [2.05, 4.69) is 21.2 Å². The maximum atomic E-state index is 12.7. The molecule has 0 spiro atoms. The first-order chi connectivity index (χ1) is 17.2. The second-order valence-corrected chi connectivity index (χ2v) is 9.54. The van der Waals surface area contributed by atoms with Gasteiger partial charge in [-0.3, -0.25) is 9.59 Å². The number of benzene rings is 2. The SMILES string of the molecule is CCOC(=O)c1c(NC(=O)C=Cc2cc(Br)c(OCc3ccccc3)c(OC)c2)sc(C(C)=O)c1C. The molecule has 7 nitrogen and oxygen atoms in total. The molecule has 0 saturated carbocycles. The molecule has 0 aliphatic heterocycles. The van der Waals surface area contributed by atoms with Crippen LogP contribution in [0.1, 0.15) is 50.6 Å². The molecule has 0 aliphatic carbocycles. The molecular formula is C27H26BrNO6S. The van der Waals surface area contributed by atoms with E-state index in [9.17, 15) is 14.4 Å². The summed E-state index contributed by atoms with van der Waals surface area (Å²) in [7, 11) is 1.54. The van der Waals surface area contributed by atoms with Crippen LogP contribution in [-0.2, 0) is 16.1 Å². The number of halogens is 1. The van der Waals surface area contributed by atoms with Gasteiger partial charge in [0.05, 0.1) is 28.6 Å². The molecule has 9 heteroatoms. The van der Waals surface area contributed by atoms with Gasteiger partial charge in [-0.2, -0.15) is 0 Å². The summed E-state index contributed by atoms with van der Waals surface area (Å²) in [6, 6.07) is 13.3. The average Bonchev–Trinajstić information content (AvgIpc) is 3.18. The number of ether oxygens (including phenoxy) is 3. The molecule has 0 aliphatic rings. The van der Waals surface area contributed by atoms with Gasteiger partial charge in [0, 0.05) is 6.08 Å². The molecule has 0 fully saturated rings. The van der Waals surface area contributed by atoms with E-state index >= 15 is 0 Å². The van der Waals surface area contributed by atoms with Gasteiger partial charge in [-0.15, -0.1) is 11.3 Å². The maximum Gasteiger partial charge on any atom is 0.341 e.